The Bertz CT molecular complexity index is 1870. The number of halogens is 6. The maximum Gasteiger partial charge on any atom is 0.416 e. The third kappa shape index (κ3) is 9.04. The number of nitrogens with zero attached hydrogens (tertiary/aromatic N) is 3. The van der Waals surface area contributed by atoms with Gasteiger partial charge in [-0.1, -0.05) is 6.07 Å². The van der Waals surface area contributed by atoms with E-state index in [1.54, 1.807) is 45.5 Å². The Balaban J connectivity index is 1.34. The highest BCUT2D eigenvalue weighted by molar-refractivity contribution is 14.2. The molecule has 1 atom stereocenters. The van der Waals surface area contributed by atoms with Crippen LogP contribution in [-0.4, -0.2) is 51.3 Å². The van der Waals surface area contributed by atoms with Gasteiger partial charge in [0.05, 0.1) is 21.8 Å². The molecule has 1 aliphatic rings. The van der Waals surface area contributed by atoms with Crippen LogP contribution in [0.1, 0.15) is 18.4 Å². The summed E-state index contributed by atoms with van der Waals surface area (Å²) in [4.78, 5) is 24.1. The van der Waals surface area contributed by atoms with Crippen molar-refractivity contribution in [2.24, 2.45) is 0 Å². The van der Waals surface area contributed by atoms with Crippen molar-refractivity contribution in [2.75, 3.05) is 47.4 Å². The van der Waals surface area contributed by atoms with E-state index in [1.807, 2.05) is 5.32 Å². The molecule has 1 aromatic heterocycles. The maximum absolute atomic E-state index is 15.2. The minimum absolute atomic E-state index is 0.225. The zero-order chi connectivity index (χ0) is 33.8. The topological polar surface area (TPSA) is 135 Å². The van der Waals surface area contributed by atoms with Crippen molar-refractivity contribution in [1.29, 1.82) is 4.78 Å². The second kappa shape index (κ2) is 14.3. The predicted molar refractivity (Wildman–Crippen MR) is 179 cm³/mol. The van der Waals surface area contributed by atoms with Crippen LogP contribution in [0.25, 0.3) is 11.1 Å². The first kappa shape index (κ1) is 34.2. The fraction of sp³-hybridized carbons (Fsp3) is 0.233. The summed E-state index contributed by atoms with van der Waals surface area (Å²) in [5.74, 6) is -1.34. The first-order chi connectivity index (χ1) is 22.3. The average Bonchev–Trinajstić information content (AvgIpc) is 3.52. The second-order valence-corrected chi connectivity index (χ2v) is 15.7. The van der Waals surface area contributed by atoms with Crippen molar-refractivity contribution in [3.05, 3.63) is 84.1 Å². The molecule has 17 heteroatoms. The Labute approximate surface area is 279 Å². The molecular formula is C30H28F5IN8O2S. The molecule has 1 unspecified atom stereocenters. The molecule has 1 aliphatic heterocycles. The summed E-state index contributed by atoms with van der Waals surface area (Å²) in [6.45, 7) is 0.393. The van der Waals surface area contributed by atoms with Crippen LogP contribution in [-0.2, 0) is 13.1 Å². The summed E-state index contributed by atoms with van der Waals surface area (Å²) in [6.07, 6.45) is -0.998. The first-order valence-electron chi connectivity index (χ1n) is 14.2. The molecule has 0 saturated carbocycles. The molecule has 10 nitrogen and oxygen atoms in total. The lowest BCUT2D eigenvalue weighted by atomic mass is 10.1. The van der Waals surface area contributed by atoms with E-state index in [-0.39, 0.29) is 11.6 Å². The first-order valence-corrected chi connectivity index (χ1v) is 18.3. The van der Waals surface area contributed by atoms with E-state index in [4.69, 9.17) is 4.78 Å². The number of rotatable bonds is 10. The van der Waals surface area contributed by atoms with Crippen molar-refractivity contribution in [2.45, 2.75) is 23.9 Å². The molecule has 0 radical (unpaired) electrons. The fourth-order valence-corrected chi connectivity index (χ4v) is 6.19. The van der Waals surface area contributed by atoms with Crippen molar-refractivity contribution in [1.82, 2.24) is 14.9 Å². The van der Waals surface area contributed by atoms with Gasteiger partial charge >= 0.3 is 12.2 Å². The van der Waals surface area contributed by atoms with Crippen molar-refractivity contribution >= 4 is 63.0 Å². The van der Waals surface area contributed by atoms with E-state index in [0.717, 1.165) is 38.5 Å². The molecule has 5 rings (SSSR count). The van der Waals surface area contributed by atoms with Gasteiger partial charge in [-0.15, -0.1) is 0 Å². The monoisotopic (exact) mass is 786 g/mol. The van der Waals surface area contributed by atoms with E-state index >= 15 is 4.39 Å². The normalized spacial score (nSPS) is 14.8. The minimum Gasteiger partial charge on any atom is -0.368 e. The number of carbonyl (C=O) groups excluding carboxylic acids is 1. The lowest BCUT2D eigenvalue weighted by Gasteiger charge is -2.17. The van der Waals surface area contributed by atoms with Crippen LogP contribution in [0.4, 0.5) is 55.6 Å². The van der Waals surface area contributed by atoms with Crippen LogP contribution < -0.4 is 21.3 Å². The number of likely N-dealkylation sites (tertiary alicyclic amines) is 1. The molecule has 248 valence electrons. The van der Waals surface area contributed by atoms with Gasteiger partial charge in [0.15, 0.2) is 0 Å². The van der Waals surface area contributed by atoms with Gasteiger partial charge in [-0.3, -0.25) is 0 Å². The van der Waals surface area contributed by atoms with Gasteiger partial charge in [-0.25, -0.2) is 27.5 Å². The van der Waals surface area contributed by atoms with Crippen LogP contribution in [0, 0.1) is 16.4 Å². The van der Waals surface area contributed by atoms with Gasteiger partial charge in [0, 0.05) is 51.7 Å². The Kier molecular flexibility index (Phi) is 10.5. The van der Waals surface area contributed by atoms with Gasteiger partial charge < -0.3 is 26.2 Å². The molecular weight excluding hydrogens is 758 g/mol. The van der Waals surface area contributed by atoms with Crippen LogP contribution in [0.3, 0.4) is 0 Å². The zero-order valence-corrected chi connectivity index (χ0v) is 27.4. The lowest BCUT2D eigenvalue weighted by Crippen LogP contribution is -2.26. The standard InChI is InChI=1S/C30H28F5IN8O2S/c31-23-9-4-19(30(33,34)35)16-26(23)42-29(45)41-25-10-3-18(15-24(25)32)22-17-39-28(40-20-5-7-21(8-6-20)47(36,37)46)43-27(22)38-11-14-44-12-1-2-13-44/h3-10,15-17,37H,1-2,11-14H2,(H2,41,42,45)(H2,38,39,40,43). The van der Waals surface area contributed by atoms with E-state index in [9.17, 15) is 26.6 Å². The van der Waals surface area contributed by atoms with Gasteiger partial charge in [0.2, 0.25) is 5.95 Å². The third-order valence-corrected chi connectivity index (χ3v) is 9.60. The SMILES string of the molecule is N=S(=O)(I)c1ccc(Nc2ncc(-c3ccc(NC(=O)Nc4cc(C(F)(F)F)ccc4F)c(F)c3)c(NCCN3CCCC3)n2)cc1. The Hall–Kier alpha value is -4.10. The summed E-state index contributed by atoms with van der Waals surface area (Å²) in [5.41, 5.74) is -0.770. The number of alkyl halides is 3. The largest absolute Gasteiger partial charge is 0.416 e. The summed E-state index contributed by atoms with van der Waals surface area (Å²) >= 11 is 1.58. The molecule has 2 heterocycles. The van der Waals surface area contributed by atoms with Gasteiger partial charge in [-0.05, 0) is 86.1 Å². The van der Waals surface area contributed by atoms with Crippen LogP contribution >= 0.6 is 21.2 Å². The number of hydrogen-bond donors (Lipinski definition) is 5. The molecule has 5 N–H and O–H groups in total. The molecule has 3 aromatic carbocycles. The summed E-state index contributed by atoms with van der Waals surface area (Å²) < 4.78 is 88.1. The van der Waals surface area contributed by atoms with Crippen LogP contribution in [0.5, 0.6) is 0 Å². The number of hydrogen-bond acceptors (Lipinski definition) is 8. The maximum atomic E-state index is 15.2. The predicted octanol–water partition coefficient (Wildman–Crippen LogP) is 8.09. The van der Waals surface area contributed by atoms with Crippen molar-refractivity contribution in [3.8, 4) is 11.1 Å². The summed E-state index contributed by atoms with van der Waals surface area (Å²) in [5, 5.41) is 10.5. The number of amides is 2. The summed E-state index contributed by atoms with van der Waals surface area (Å²) in [7, 11) is 0. The molecule has 1 fully saturated rings. The highest BCUT2D eigenvalue weighted by Crippen LogP contribution is 2.33. The van der Waals surface area contributed by atoms with Crippen LogP contribution in [0.2, 0.25) is 0 Å². The molecule has 47 heavy (non-hydrogen) atoms. The van der Waals surface area contributed by atoms with Crippen molar-refractivity contribution in [3.63, 3.8) is 0 Å². The number of aromatic nitrogens is 2. The number of benzene rings is 3. The second-order valence-electron chi connectivity index (χ2n) is 10.5. The number of anilines is 5. The fourth-order valence-electron chi connectivity index (χ4n) is 4.83. The summed E-state index contributed by atoms with van der Waals surface area (Å²) in [6, 6.07) is 10.8. The van der Waals surface area contributed by atoms with E-state index in [1.165, 1.54) is 18.3 Å². The van der Waals surface area contributed by atoms with Gasteiger partial charge in [-0.2, -0.15) is 18.2 Å². The molecule has 0 aliphatic carbocycles. The van der Waals surface area contributed by atoms with Crippen molar-refractivity contribution < 1.29 is 31.0 Å². The van der Waals surface area contributed by atoms with E-state index < -0.39 is 42.0 Å². The van der Waals surface area contributed by atoms with E-state index in [0.29, 0.717) is 52.3 Å². The number of carbonyl (C=O) groups is 1. The Morgan fingerprint density at radius 2 is 1.66 bits per heavy atom. The Morgan fingerprint density at radius 1 is 0.957 bits per heavy atom. The highest BCUT2D eigenvalue weighted by atomic mass is 127. The molecule has 0 bridgehead atoms. The Morgan fingerprint density at radius 3 is 2.32 bits per heavy atom. The third-order valence-electron chi connectivity index (χ3n) is 7.19. The van der Waals surface area contributed by atoms with Gasteiger partial charge in [0.1, 0.15) is 24.4 Å². The quantitative estimate of drug-likeness (QED) is 0.0624. The number of urea groups is 1. The zero-order valence-electron chi connectivity index (χ0n) is 24.4. The van der Waals surface area contributed by atoms with Gasteiger partial charge in [0.25, 0.3) is 0 Å². The molecule has 1 saturated heterocycles. The molecule has 0 spiro atoms. The molecule has 4 aromatic rings. The van der Waals surface area contributed by atoms with E-state index in [2.05, 4.69) is 30.8 Å². The lowest BCUT2D eigenvalue weighted by molar-refractivity contribution is -0.137. The highest BCUT2D eigenvalue weighted by Gasteiger charge is 2.31. The van der Waals surface area contributed by atoms with Crippen LogP contribution in [0.15, 0.2) is 71.8 Å². The minimum atomic E-state index is -4.75. The average molecular weight is 787 g/mol. The molecule has 2 amide bonds. The number of nitrogens with one attached hydrogen (secondary N) is 5. The smallest absolute Gasteiger partial charge is 0.368 e.